The average molecular weight is 447 g/mol. The maximum absolute atomic E-state index is 13.6. The van der Waals surface area contributed by atoms with Gasteiger partial charge in [0.2, 0.25) is 0 Å². The third-order valence-corrected chi connectivity index (χ3v) is 6.49. The van der Waals surface area contributed by atoms with Crippen LogP contribution >= 0.6 is 0 Å². The van der Waals surface area contributed by atoms with Crippen molar-refractivity contribution in [3.05, 3.63) is 105 Å². The molecule has 0 N–H and O–H groups in total. The molecule has 0 radical (unpaired) electrons. The lowest BCUT2D eigenvalue weighted by Crippen LogP contribution is -2.36. The fraction of sp³-hybridized carbons (Fsp3) is 0.107. The van der Waals surface area contributed by atoms with Crippen LogP contribution in [0.2, 0.25) is 0 Å². The molecule has 0 fully saturated rings. The van der Waals surface area contributed by atoms with Crippen LogP contribution in [0.4, 0.5) is 0 Å². The molecule has 0 aliphatic carbocycles. The summed E-state index contributed by atoms with van der Waals surface area (Å²) in [4.78, 5) is 31.7. The number of hydrogen-bond acceptors (Lipinski definition) is 3. The maximum atomic E-state index is 13.6. The Hall–Kier alpha value is -4.45. The SMILES string of the molecule is Cc1cccc(-c2nc3ccccc3n3c(-c4ccccc4)c4c(=O)n(C)c(=O)n(C)c4c23)c1. The van der Waals surface area contributed by atoms with Crippen molar-refractivity contribution in [1.82, 2.24) is 18.5 Å². The van der Waals surface area contributed by atoms with Crippen LogP contribution < -0.4 is 11.2 Å². The third-order valence-electron chi connectivity index (χ3n) is 6.49. The van der Waals surface area contributed by atoms with E-state index in [1.807, 2.05) is 79.7 Å². The summed E-state index contributed by atoms with van der Waals surface area (Å²) in [5, 5.41) is 0.503. The fourth-order valence-electron chi connectivity index (χ4n) is 4.91. The summed E-state index contributed by atoms with van der Waals surface area (Å²) in [6.45, 7) is 2.04. The molecule has 3 aromatic heterocycles. The number of nitrogens with zero attached hydrogens (tertiary/aromatic N) is 4. The van der Waals surface area contributed by atoms with E-state index in [4.69, 9.17) is 4.98 Å². The van der Waals surface area contributed by atoms with E-state index in [1.54, 1.807) is 11.6 Å². The first-order chi connectivity index (χ1) is 16.5. The largest absolute Gasteiger partial charge is 0.331 e. The zero-order valence-electron chi connectivity index (χ0n) is 19.1. The van der Waals surface area contributed by atoms with Crippen molar-refractivity contribution < 1.29 is 0 Å². The van der Waals surface area contributed by atoms with Gasteiger partial charge in [0.15, 0.2) is 0 Å². The second kappa shape index (κ2) is 7.28. The van der Waals surface area contributed by atoms with Crippen LogP contribution in [0.5, 0.6) is 0 Å². The summed E-state index contributed by atoms with van der Waals surface area (Å²) < 4.78 is 4.84. The van der Waals surface area contributed by atoms with Crippen LogP contribution in [0, 0.1) is 6.92 Å². The molecule has 0 unspecified atom stereocenters. The molecule has 0 aliphatic heterocycles. The fourth-order valence-corrected chi connectivity index (χ4v) is 4.91. The molecule has 0 atom stereocenters. The molecule has 34 heavy (non-hydrogen) atoms. The molecule has 0 saturated carbocycles. The number of hydrogen-bond donors (Lipinski definition) is 0. The maximum Gasteiger partial charge on any atom is 0.331 e. The Kier molecular flexibility index (Phi) is 4.32. The van der Waals surface area contributed by atoms with E-state index in [0.717, 1.165) is 44.6 Å². The highest BCUT2D eigenvalue weighted by molar-refractivity contribution is 6.11. The van der Waals surface area contributed by atoms with Crippen LogP contribution in [-0.2, 0) is 14.1 Å². The first-order valence-corrected chi connectivity index (χ1v) is 11.1. The summed E-state index contributed by atoms with van der Waals surface area (Å²) in [6, 6.07) is 25.9. The monoisotopic (exact) mass is 446 g/mol. The van der Waals surface area contributed by atoms with Gasteiger partial charge in [0, 0.05) is 19.7 Å². The highest BCUT2D eigenvalue weighted by atomic mass is 16.2. The average Bonchev–Trinajstić information content (AvgIpc) is 3.23. The second-order valence-corrected chi connectivity index (χ2v) is 8.65. The van der Waals surface area contributed by atoms with Gasteiger partial charge in [0.25, 0.3) is 5.56 Å². The molecule has 6 nitrogen and oxygen atoms in total. The number of fused-ring (bicyclic) bond motifs is 5. The van der Waals surface area contributed by atoms with Gasteiger partial charge in [-0.25, -0.2) is 9.78 Å². The van der Waals surface area contributed by atoms with Gasteiger partial charge in [-0.2, -0.15) is 0 Å². The summed E-state index contributed by atoms with van der Waals surface area (Å²) >= 11 is 0. The van der Waals surface area contributed by atoms with Crippen LogP contribution in [-0.4, -0.2) is 18.5 Å². The number of benzene rings is 3. The predicted octanol–water partition coefficient (Wildman–Crippen LogP) is 4.68. The van der Waals surface area contributed by atoms with Gasteiger partial charge in [-0.1, -0.05) is 66.2 Å². The normalized spacial score (nSPS) is 11.6. The number of para-hydroxylation sites is 2. The minimum atomic E-state index is -0.368. The Bertz CT molecular complexity index is 1880. The van der Waals surface area contributed by atoms with E-state index in [1.165, 1.54) is 11.6 Å². The smallest absolute Gasteiger partial charge is 0.303 e. The third kappa shape index (κ3) is 2.72. The van der Waals surface area contributed by atoms with Crippen molar-refractivity contribution in [2.24, 2.45) is 14.1 Å². The quantitative estimate of drug-likeness (QED) is 0.388. The van der Waals surface area contributed by atoms with Gasteiger partial charge in [-0.15, -0.1) is 0 Å². The number of rotatable bonds is 2. The number of aromatic nitrogens is 4. The molecular formula is C28H22N4O2. The minimum absolute atomic E-state index is 0.320. The van der Waals surface area contributed by atoms with E-state index < -0.39 is 0 Å². The van der Waals surface area contributed by atoms with E-state index in [2.05, 4.69) is 10.5 Å². The Morgan fingerprint density at radius 3 is 2.21 bits per heavy atom. The molecule has 3 heterocycles. The Labute approximate surface area is 195 Å². The highest BCUT2D eigenvalue weighted by Crippen LogP contribution is 2.38. The van der Waals surface area contributed by atoms with Gasteiger partial charge in [-0.05, 0) is 30.7 Å². The zero-order chi connectivity index (χ0) is 23.6. The molecule has 6 rings (SSSR count). The molecule has 0 aliphatic rings. The summed E-state index contributed by atoms with van der Waals surface area (Å²) in [5.74, 6) is 0. The van der Waals surface area contributed by atoms with Crippen LogP contribution in [0.1, 0.15) is 5.56 Å². The lowest BCUT2D eigenvalue weighted by Gasteiger charge is -2.12. The molecule has 0 bridgehead atoms. The Morgan fingerprint density at radius 2 is 1.44 bits per heavy atom. The van der Waals surface area contributed by atoms with E-state index >= 15 is 0 Å². The topological polar surface area (TPSA) is 61.3 Å². The van der Waals surface area contributed by atoms with Gasteiger partial charge in [0.05, 0.1) is 38.8 Å². The molecule has 0 saturated heterocycles. The zero-order valence-corrected chi connectivity index (χ0v) is 19.1. The van der Waals surface area contributed by atoms with Gasteiger partial charge < -0.3 is 4.40 Å². The summed E-state index contributed by atoms with van der Waals surface area (Å²) in [7, 11) is 3.24. The molecule has 6 heteroatoms. The van der Waals surface area contributed by atoms with Crippen LogP contribution in [0.25, 0.3) is 50.0 Å². The first kappa shape index (κ1) is 20.2. The van der Waals surface area contributed by atoms with E-state index in [9.17, 15) is 9.59 Å². The Morgan fingerprint density at radius 1 is 0.735 bits per heavy atom. The van der Waals surface area contributed by atoms with Crippen molar-refractivity contribution >= 4 is 27.5 Å². The molecule has 6 aromatic rings. The minimum Gasteiger partial charge on any atom is -0.303 e. The van der Waals surface area contributed by atoms with Crippen molar-refractivity contribution in [2.45, 2.75) is 6.92 Å². The van der Waals surface area contributed by atoms with Crippen molar-refractivity contribution in [3.8, 4) is 22.5 Å². The lowest BCUT2D eigenvalue weighted by atomic mass is 10.1. The first-order valence-electron chi connectivity index (χ1n) is 11.1. The molecule has 3 aromatic carbocycles. The Balaban J connectivity index is 2.01. The predicted molar refractivity (Wildman–Crippen MR) is 136 cm³/mol. The molecule has 0 amide bonds. The molecule has 166 valence electrons. The summed E-state index contributed by atoms with van der Waals surface area (Å²) in [6.07, 6.45) is 0. The van der Waals surface area contributed by atoms with Crippen molar-refractivity contribution in [1.29, 1.82) is 0 Å². The number of aryl methyl sites for hydroxylation is 2. The van der Waals surface area contributed by atoms with Crippen molar-refractivity contribution in [3.63, 3.8) is 0 Å². The lowest BCUT2D eigenvalue weighted by molar-refractivity contribution is 0.716. The van der Waals surface area contributed by atoms with Gasteiger partial charge in [0.1, 0.15) is 0 Å². The van der Waals surface area contributed by atoms with Gasteiger partial charge >= 0.3 is 5.69 Å². The standard InChI is InChI=1S/C28H22N4O2/c1-17-10-9-13-19(16-17)23-26-25-22(27(33)31(3)28(34)30(25)2)24(18-11-5-4-6-12-18)32(26)21-15-8-7-14-20(21)29-23/h4-16H,1-3H3. The van der Waals surface area contributed by atoms with Crippen LogP contribution in [0.15, 0.2) is 88.5 Å². The highest BCUT2D eigenvalue weighted by Gasteiger charge is 2.25. The summed E-state index contributed by atoms with van der Waals surface area (Å²) in [5.41, 5.74) is 6.76. The van der Waals surface area contributed by atoms with Gasteiger partial charge in [-0.3, -0.25) is 13.9 Å². The second-order valence-electron chi connectivity index (χ2n) is 8.65. The van der Waals surface area contributed by atoms with E-state index in [-0.39, 0.29) is 11.2 Å². The van der Waals surface area contributed by atoms with E-state index in [0.29, 0.717) is 10.9 Å². The van der Waals surface area contributed by atoms with Crippen molar-refractivity contribution in [2.75, 3.05) is 0 Å². The molecular weight excluding hydrogens is 424 g/mol. The van der Waals surface area contributed by atoms with Crippen LogP contribution in [0.3, 0.4) is 0 Å². The molecule has 0 spiro atoms.